The van der Waals surface area contributed by atoms with Crippen molar-refractivity contribution in [3.8, 4) is 28.4 Å². The summed E-state index contributed by atoms with van der Waals surface area (Å²) in [7, 11) is 3.02. The lowest BCUT2D eigenvalue weighted by atomic mass is 9.98. The van der Waals surface area contributed by atoms with Gasteiger partial charge in [-0.05, 0) is 46.5 Å². The van der Waals surface area contributed by atoms with Gasteiger partial charge in [0.15, 0.2) is 6.10 Å². The highest BCUT2D eigenvalue weighted by Gasteiger charge is 2.32. The molecule has 40 heavy (non-hydrogen) atoms. The van der Waals surface area contributed by atoms with Crippen LogP contribution in [0.15, 0.2) is 97.1 Å². The maximum absolute atomic E-state index is 13.8. The van der Waals surface area contributed by atoms with Crippen molar-refractivity contribution in [2.75, 3.05) is 32.3 Å². The van der Waals surface area contributed by atoms with Crippen LogP contribution in [0.1, 0.15) is 17.0 Å². The van der Waals surface area contributed by atoms with E-state index in [0.29, 0.717) is 22.9 Å². The zero-order valence-electron chi connectivity index (χ0n) is 22.3. The van der Waals surface area contributed by atoms with Crippen molar-refractivity contribution in [3.63, 3.8) is 0 Å². The summed E-state index contributed by atoms with van der Waals surface area (Å²) in [5.41, 5.74) is 10.5. The zero-order chi connectivity index (χ0) is 28.1. The van der Waals surface area contributed by atoms with Crippen molar-refractivity contribution >= 4 is 17.7 Å². The molecule has 8 heteroatoms. The standard InChI is InChI=1S/C32H30N2O6/c1-37-22-16-17-28(29(18-22)38-2)34(19-30(31(33)35)40-21-10-4-3-5-11-21)32(36)39-20-27-25-14-8-6-12-23(25)24-13-7-9-15-26(24)27/h3-18,27,30H,19-20H2,1-2H3,(H2,33,35). The van der Waals surface area contributed by atoms with E-state index in [-0.39, 0.29) is 19.1 Å². The van der Waals surface area contributed by atoms with Gasteiger partial charge in [-0.3, -0.25) is 9.69 Å². The fourth-order valence-corrected chi connectivity index (χ4v) is 4.97. The molecule has 0 fully saturated rings. The molecule has 1 unspecified atom stereocenters. The summed E-state index contributed by atoms with van der Waals surface area (Å²) in [5, 5.41) is 0. The van der Waals surface area contributed by atoms with E-state index < -0.39 is 18.1 Å². The summed E-state index contributed by atoms with van der Waals surface area (Å²) in [6.07, 6.45) is -1.83. The molecule has 0 spiro atoms. The number of benzene rings is 4. The van der Waals surface area contributed by atoms with Crippen LogP contribution in [0.4, 0.5) is 10.5 Å². The SMILES string of the molecule is COc1ccc(N(CC(Oc2ccccc2)C(N)=O)C(=O)OCC2c3ccccc3-c3ccccc32)c(OC)c1. The molecule has 4 aromatic rings. The van der Waals surface area contributed by atoms with Gasteiger partial charge in [0.1, 0.15) is 23.9 Å². The van der Waals surface area contributed by atoms with Gasteiger partial charge in [0.05, 0.1) is 26.5 Å². The van der Waals surface area contributed by atoms with E-state index in [4.69, 9.17) is 24.7 Å². The normalized spacial score (nSPS) is 12.6. The van der Waals surface area contributed by atoms with E-state index in [1.54, 1.807) is 42.5 Å². The lowest BCUT2D eigenvalue weighted by Crippen LogP contribution is -2.46. The average molecular weight is 539 g/mol. The second-order valence-electron chi connectivity index (χ2n) is 9.27. The maximum Gasteiger partial charge on any atom is 0.414 e. The van der Waals surface area contributed by atoms with Crippen LogP contribution in [0.2, 0.25) is 0 Å². The van der Waals surface area contributed by atoms with Gasteiger partial charge in [0, 0.05) is 12.0 Å². The third-order valence-electron chi connectivity index (χ3n) is 6.92. The minimum absolute atomic E-state index is 0.0998. The molecular formula is C32H30N2O6. The summed E-state index contributed by atoms with van der Waals surface area (Å²) in [6, 6.07) is 30.0. The number of hydrogen-bond acceptors (Lipinski definition) is 6. The van der Waals surface area contributed by atoms with Gasteiger partial charge in [-0.1, -0.05) is 66.7 Å². The molecule has 1 aliphatic carbocycles. The number of ether oxygens (including phenoxy) is 4. The average Bonchev–Trinajstić information content (AvgIpc) is 3.31. The fraction of sp³-hybridized carbons (Fsp3) is 0.188. The van der Waals surface area contributed by atoms with Gasteiger partial charge in [-0.15, -0.1) is 0 Å². The van der Waals surface area contributed by atoms with Crippen LogP contribution in [-0.2, 0) is 9.53 Å². The highest BCUT2D eigenvalue weighted by molar-refractivity contribution is 5.92. The van der Waals surface area contributed by atoms with Crippen LogP contribution < -0.4 is 24.8 Å². The van der Waals surface area contributed by atoms with Gasteiger partial charge in [-0.25, -0.2) is 4.79 Å². The van der Waals surface area contributed by atoms with E-state index in [2.05, 4.69) is 24.3 Å². The van der Waals surface area contributed by atoms with Crippen LogP contribution in [-0.4, -0.2) is 45.5 Å². The van der Waals surface area contributed by atoms with Gasteiger partial charge in [0.25, 0.3) is 5.91 Å². The highest BCUT2D eigenvalue weighted by atomic mass is 16.6. The zero-order valence-corrected chi connectivity index (χ0v) is 22.3. The number of rotatable bonds is 10. The molecule has 204 valence electrons. The van der Waals surface area contributed by atoms with Gasteiger partial charge in [0.2, 0.25) is 0 Å². The monoisotopic (exact) mass is 538 g/mol. The first-order valence-electron chi connectivity index (χ1n) is 12.9. The van der Waals surface area contributed by atoms with Crippen molar-refractivity contribution in [1.82, 2.24) is 0 Å². The number of methoxy groups -OCH3 is 2. The van der Waals surface area contributed by atoms with Crippen molar-refractivity contribution in [2.45, 2.75) is 12.0 Å². The van der Waals surface area contributed by atoms with Gasteiger partial charge >= 0.3 is 6.09 Å². The Balaban J connectivity index is 1.44. The van der Waals surface area contributed by atoms with Crippen LogP contribution in [0.3, 0.4) is 0 Å². The Morgan fingerprint density at radius 1 is 0.800 bits per heavy atom. The summed E-state index contributed by atoms with van der Waals surface area (Å²) in [5.74, 6) is 0.479. The topological polar surface area (TPSA) is 100 Å². The molecule has 2 amide bonds. The molecule has 1 atom stereocenters. The van der Waals surface area contributed by atoms with Gasteiger partial charge < -0.3 is 24.7 Å². The van der Waals surface area contributed by atoms with E-state index in [1.165, 1.54) is 19.1 Å². The first kappa shape index (κ1) is 26.6. The maximum atomic E-state index is 13.8. The summed E-state index contributed by atoms with van der Waals surface area (Å²) in [6.45, 7) is -0.105. The number of amides is 2. The second-order valence-corrected chi connectivity index (χ2v) is 9.27. The number of para-hydroxylation sites is 1. The molecule has 5 rings (SSSR count). The molecule has 0 saturated carbocycles. The van der Waals surface area contributed by atoms with E-state index in [9.17, 15) is 9.59 Å². The van der Waals surface area contributed by atoms with Gasteiger partial charge in [-0.2, -0.15) is 0 Å². The molecule has 0 bridgehead atoms. The van der Waals surface area contributed by atoms with Crippen LogP contribution in [0.25, 0.3) is 11.1 Å². The molecular weight excluding hydrogens is 508 g/mol. The second kappa shape index (κ2) is 11.8. The van der Waals surface area contributed by atoms with Crippen molar-refractivity contribution in [2.24, 2.45) is 5.73 Å². The van der Waals surface area contributed by atoms with Crippen molar-refractivity contribution in [1.29, 1.82) is 0 Å². The quantitative estimate of drug-likeness (QED) is 0.291. The lowest BCUT2D eigenvalue weighted by molar-refractivity contribution is -0.124. The number of primary amides is 1. The van der Waals surface area contributed by atoms with Crippen LogP contribution >= 0.6 is 0 Å². The smallest absolute Gasteiger partial charge is 0.414 e. The third-order valence-corrected chi connectivity index (χ3v) is 6.92. The molecule has 2 N–H and O–H groups in total. The third kappa shape index (κ3) is 5.42. The van der Waals surface area contributed by atoms with Crippen LogP contribution in [0, 0.1) is 0 Å². The number of hydrogen-bond donors (Lipinski definition) is 1. The number of nitrogens with two attached hydrogens (primary N) is 1. The minimum atomic E-state index is -1.16. The molecule has 4 aromatic carbocycles. The predicted molar refractivity (Wildman–Crippen MR) is 152 cm³/mol. The number of fused-ring (bicyclic) bond motifs is 3. The largest absolute Gasteiger partial charge is 0.497 e. The first-order chi connectivity index (χ1) is 19.5. The van der Waals surface area contributed by atoms with E-state index in [0.717, 1.165) is 22.3 Å². The highest BCUT2D eigenvalue weighted by Crippen LogP contribution is 2.44. The Morgan fingerprint density at radius 2 is 1.43 bits per heavy atom. The molecule has 0 aliphatic heterocycles. The Labute approximate surface area is 232 Å². The molecule has 0 heterocycles. The lowest BCUT2D eigenvalue weighted by Gasteiger charge is -2.28. The summed E-state index contributed by atoms with van der Waals surface area (Å²) < 4.78 is 22.7. The molecule has 0 saturated heterocycles. The van der Waals surface area contributed by atoms with Crippen LogP contribution in [0.5, 0.6) is 17.2 Å². The Bertz CT molecular complexity index is 1460. The van der Waals surface area contributed by atoms with Crippen molar-refractivity contribution < 1.29 is 28.5 Å². The number of carbonyl (C=O) groups is 2. The molecule has 8 nitrogen and oxygen atoms in total. The summed E-state index contributed by atoms with van der Waals surface area (Å²) in [4.78, 5) is 27.5. The fourth-order valence-electron chi connectivity index (χ4n) is 4.97. The molecule has 1 aliphatic rings. The molecule has 0 aromatic heterocycles. The Morgan fingerprint density at radius 3 is 2.02 bits per heavy atom. The summed E-state index contributed by atoms with van der Waals surface area (Å²) >= 11 is 0. The minimum Gasteiger partial charge on any atom is -0.497 e. The van der Waals surface area contributed by atoms with E-state index >= 15 is 0 Å². The Kier molecular flexibility index (Phi) is 7.87. The molecule has 0 radical (unpaired) electrons. The number of carbonyl (C=O) groups excluding carboxylic acids is 2. The Hall–Kier alpha value is -4.98. The van der Waals surface area contributed by atoms with Crippen molar-refractivity contribution in [3.05, 3.63) is 108 Å². The number of nitrogens with zero attached hydrogens (tertiary/aromatic N) is 1. The predicted octanol–water partition coefficient (Wildman–Crippen LogP) is 5.39. The van der Waals surface area contributed by atoms with E-state index in [1.807, 2.05) is 30.3 Å². The first-order valence-corrected chi connectivity index (χ1v) is 12.9. The number of anilines is 1.